The van der Waals surface area contributed by atoms with Crippen LogP contribution in [0.1, 0.15) is 30.6 Å². The van der Waals surface area contributed by atoms with E-state index in [9.17, 15) is 17.6 Å². The van der Waals surface area contributed by atoms with Gasteiger partial charge in [-0.1, -0.05) is 19.9 Å². The normalized spacial score (nSPS) is 11.6. The highest BCUT2D eigenvalue weighted by Gasteiger charge is 2.22. The number of halogens is 1. The van der Waals surface area contributed by atoms with Crippen molar-refractivity contribution in [3.05, 3.63) is 59.9 Å². The zero-order valence-electron chi connectivity index (χ0n) is 16.0. The van der Waals surface area contributed by atoms with Crippen LogP contribution in [0.4, 0.5) is 4.39 Å². The van der Waals surface area contributed by atoms with Crippen LogP contribution in [0.2, 0.25) is 0 Å². The van der Waals surface area contributed by atoms with E-state index >= 15 is 0 Å². The second kappa shape index (κ2) is 10.6. The fourth-order valence-electron chi connectivity index (χ4n) is 2.61. The summed E-state index contributed by atoms with van der Waals surface area (Å²) < 4.78 is 39.4. The van der Waals surface area contributed by atoms with Gasteiger partial charge in [0.1, 0.15) is 5.82 Å². The number of benzene rings is 2. The van der Waals surface area contributed by atoms with Gasteiger partial charge in [0.25, 0.3) is 5.91 Å². The van der Waals surface area contributed by atoms with Crippen molar-refractivity contribution in [3.8, 4) is 0 Å². The number of sulfonamides is 1. The molecule has 0 heterocycles. The van der Waals surface area contributed by atoms with Crippen LogP contribution in [0, 0.1) is 5.82 Å². The van der Waals surface area contributed by atoms with Crippen LogP contribution in [-0.4, -0.2) is 44.0 Å². The first kappa shape index (κ1) is 22.4. The summed E-state index contributed by atoms with van der Waals surface area (Å²) in [7, 11) is -3.60. The maximum atomic E-state index is 12.9. The van der Waals surface area contributed by atoms with Crippen LogP contribution in [0.5, 0.6) is 0 Å². The van der Waals surface area contributed by atoms with Crippen molar-refractivity contribution in [1.82, 2.24) is 9.62 Å². The Balaban J connectivity index is 1.88. The quantitative estimate of drug-likeness (QED) is 0.466. The molecule has 8 heteroatoms. The second-order valence-corrected chi connectivity index (χ2v) is 9.14. The molecule has 1 amide bonds. The number of hydrogen-bond donors (Lipinski definition) is 1. The number of nitrogens with zero attached hydrogens (tertiary/aromatic N) is 1. The molecule has 1 N–H and O–H groups in total. The molecule has 0 radical (unpaired) electrons. The van der Waals surface area contributed by atoms with E-state index in [4.69, 9.17) is 0 Å². The predicted molar refractivity (Wildman–Crippen MR) is 111 cm³/mol. The maximum absolute atomic E-state index is 12.9. The smallest absolute Gasteiger partial charge is 0.251 e. The Morgan fingerprint density at radius 1 is 1.11 bits per heavy atom. The van der Waals surface area contributed by atoms with Crippen molar-refractivity contribution in [2.24, 2.45) is 0 Å². The molecule has 0 fully saturated rings. The largest absolute Gasteiger partial charge is 0.352 e. The molecule has 0 saturated carbocycles. The Morgan fingerprint density at radius 2 is 1.79 bits per heavy atom. The van der Waals surface area contributed by atoms with Crippen molar-refractivity contribution in [2.45, 2.75) is 30.1 Å². The summed E-state index contributed by atoms with van der Waals surface area (Å²) >= 11 is 1.59. The van der Waals surface area contributed by atoms with E-state index in [0.29, 0.717) is 25.2 Å². The fourth-order valence-corrected chi connectivity index (χ4v) is 4.96. The van der Waals surface area contributed by atoms with Crippen LogP contribution in [0.15, 0.2) is 58.3 Å². The van der Waals surface area contributed by atoms with Gasteiger partial charge < -0.3 is 5.32 Å². The van der Waals surface area contributed by atoms with Gasteiger partial charge in [-0.3, -0.25) is 4.79 Å². The molecular formula is C20H25FN2O3S2. The lowest BCUT2D eigenvalue weighted by atomic mass is 10.2. The van der Waals surface area contributed by atoms with Crippen LogP contribution in [-0.2, 0) is 10.0 Å². The molecule has 0 aliphatic heterocycles. The van der Waals surface area contributed by atoms with Crippen LogP contribution in [0.3, 0.4) is 0 Å². The summed E-state index contributed by atoms with van der Waals surface area (Å²) in [6.45, 7) is 4.78. The number of amides is 1. The van der Waals surface area contributed by atoms with Gasteiger partial charge in [0.2, 0.25) is 10.0 Å². The Hall–Kier alpha value is -1.90. The molecule has 0 bridgehead atoms. The van der Waals surface area contributed by atoms with Crippen LogP contribution >= 0.6 is 11.8 Å². The maximum Gasteiger partial charge on any atom is 0.251 e. The third-order valence-electron chi connectivity index (χ3n) is 4.13. The fraction of sp³-hybridized carbons (Fsp3) is 0.350. The molecule has 2 aromatic rings. The monoisotopic (exact) mass is 424 g/mol. The van der Waals surface area contributed by atoms with E-state index in [-0.39, 0.29) is 16.6 Å². The summed E-state index contributed by atoms with van der Waals surface area (Å²) in [5.74, 6) is 0.215. The van der Waals surface area contributed by atoms with Gasteiger partial charge in [0, 0.05) is 30.1 Å². The van der Waals surface area contributed by atoms with Crippen LogP contribution < -0.4 is 5.32 Å². The van der Waals surface area contributed by atoms with Crippen molar-refractivity contribution < 1.29 is 17.6 Å². The molecule has 0 unspecified atom stereocenters. The highest BCUT2D eigenvalue weighted by Crippen LogP contribution is 2.19. The number of thioether (sulfide) groups is 1. The lowest BCUT2D eigenvalue weighted by Gasteiger charge is -2.18. The summed E-state index contributed by atoms with van der Waals surface area (Å²) in [4.78, 5) is 13.4. The topological polar surface area (TPSA) is 66.5 Å². The Kier molecular flexibility index (Phi) is 8.47. The summed E-state index contributed by atoms with van der Waals surface area (Å²) in [5.41, 5.74) is 0.319. The standard InChI is InChI=1S/C20H25FN2O3S2/c1-3-23(4-2)28(25,26)19-8-5-7-16(15-19)20(24)22-13-6-14-27-18-11-9-17(21)10-12-18/h5,7-12,15H,3-4,6,13-14H2,1-2H3,(H,22,24). The first-order valence-corrected chi connectivity index (χ1v) is 11.6. The van der Waals surface area contributed by atoms with Gasteiger partial charge in [-0.2, -0.15) is 4.31 Å². The van der Waals surface area contributed by atoms with Gasteiger partial charge >= 0.3 is 0 Å². The number of nitrogens with one attached hydrogen (secondary N) is 1. The lowest BCUT2D eigenvalue weighted by molar-refractivity contribution is 0.0953. The van der Waals surface area contributed by atoms with Crippen molar-refractivity contribution >= 4 is 27.7 Å². The highest BCUT2D eigenvalue weighted by molar-refractivity contribution is 7.99. The molecule has 2 aromatic carbocycles. The van der Waals surface area contributed by atoms with Gasteiger partial charge in [-0.05, 0) is 54.6 Å². The third kappa shape index (κ3) is 6.05. The van der Waals surface area contributed by atoms with Crippen molar-refractivity contribution in [2.75, 3.05) is 25.4 Å². The van der Waals surface area contributed by atoms with Gasteiger partial charge in [0.15, 0.2) is 0 Å². The molecular weight excluding hydrogens is 399 g/mol. The first-order valence-electron chi connectivity index (χ1n) is 9.15. The second-order valence-electron chi connectivity index (χ2n) is 6.03. The molecule has 0 aromatic heterocycles. The van der Waals surface area contributed by atoms with E-state index in [2.05, 4.69) is 5.32 Å². The van der Waals surface area contributed by atoms with E-state index in [1.165, 1.54) is 28.6 Å². The van der Waals surface area contributed by atoms with Crippen molar-refractivity contribution in [3.63, 3.8) is 0 Å². The zero-order valence-corrected chi connectivity index (χ0v) is 17.7. The van der Waals surface area contributed by atoms with Crippen LogP contribution in [0.25, 0.3) is 0 Å². The molecule has 0 spiro atoms. The number of carbonyl (C=O) groups excluding carboxylic acids is 1. The Labute approximate surface area is 170 Å². The molecule has 0 aliphatic carbocycles. The Morgan fingerprint density at radius 3 is 2.43 bits per heavy atom. The average molecular weight is 425 g/mol. The number of hydrogen-bond acceptors (Lipinski definition) is 4. The zero-order chi connectivity index (χ0) is 20.6. The van der Waals surface area contributed by atoms with E-state index in [1.54, 1.807) is 49.9 Å². The number of carbonyl (C=O) groups is 1. The Bertz CT molecular complexity index is 883. The third-order valence-corrected chi connectivity index (χ3v) is 7.27. The van der Waals surface area contributed by atoms with E-state index in [0.717, 1.165) is 17.1 Å². The van der Waals surface area contributed by atoms with Gasteiger partial charge in [0.05, 0.1) is 4.90 Å². The van der Waals surface area contributed by atoms with Gasteiger partial charge in [-0.15, -0.1) is 11.8 Å². The predicted octanol–water partition coefficient (Wildman–Crippen LogP) is 3.77. The number of rotatable bonds is 10. The molecule has 152 valence electrons. The lowest BCUT2D eigenvalue weighted by Crippen LogP contribution is -2.31. The van der Waals surface area contributed by atoms with E-state index in [1.807, 2.05) is 0 Å². The highest BCUT2D eigenvalue weighted by atomic mass is 32.2. The first-order chi connectivity index (χ1) is 13.4. The minimum absolute atomic E-state index is 0.121. The van der Waals surface area contributed by atoms with Gasteiger partial charge in [-0.25, -0.2) is 12.8 Å². The molecule has 28 heavy (non-hydrogen) atoms. The molecule has 5 nitrogen and oxygen atoms in total. The SMILES string of the molecule is CCN(CC)S(=O)(=O)c1cccc(C(=O)NCCCSc2ccc(F)cc2)c1. The summed E-state index contributed by atoms with van der Waals surface area (Å²) in [6.07, 6.45) is 0.741. The summed E-state index contributed by atoms with van der Waals surface area (Å²) in [5, 5.41) is 2.81. The van der Waals surface area contributed by atoms with Crippen molar-refractivity contribution in [1.29, 1.82) is 0 Å². The molecule has 2 rings (SSSR count). The molecule has 0 saturated heterocycles. The molecule has 0 atom stereocenters. The average Bonchev–Trinajstić information content (AvgIpc) is 2.70. The minimum atomic E-state index is -3.60. The van der Waals surface area contributed by atoms with E-state index < -0.39 is 10.0 Å². The minimum Gasteiger partial charge on any atom is -0.352 e. The molecule has 0 aliphatic rings. The summed E-state index contributed by atoms with van der Waals surface area (Å²) in [6, 6.07) is 12.4.